The molecule has 17 heavy (non-hydrogen) atoms. The molecule has 3 nitrogen and oxygen atoms in total. The first kappa shape index (κ1) is 13.9. The van der Waals surface area contributed by atoms with E-state index in [9.17, 15) is 4.39 Å². The van der Waals surface area contributed by atoms with Crippen LogP contribution in [0.5, 0.6) is 5.75 Å². The SMILES string of the molecule is CCCOCCOc1c(F)cccc1[C@@H](C)N. The summed E-state index contributed by atoms with van der Waals surface area (Å²) in [6, 6.07) is 4.52. The third-order valence-corrected chi connectivity index (χ3v) is 2.31. The monoisotopic (exact) mass is 241 g/mol. The van der Waals surface area contributed by atoms with Crippen molar-refractivity contribution >= 4 is 0 Å². The van der Waals surface area contributed by atoms with Crippen LogP contribution in [0.2, 0.25) is 0 Å². The van der Waals surface area contributed by atoms with E-state index >= 15 is 0 Å². The molecule has 0 aromatic heterocycles. The van der Waals surface area contributed by atoms with E-state index in [1.165, 1.54) is 6.07 Å². The third kappa shape index (κ3) is 4.32. The Kier molecular flexibility index (Phi) is 5.94. The van der Waals surface area contributed by atoms with E-state index < -0.39 is 0 Å². The van der Waals surface area contributed by atoms with Gasteiger partial charge in [0.1, 0.15) is 6.61 Å². The first-order valence-corrected chi connectivity index (χ1v) is 5.91. The fourth-order valence-electron chi connectivity index (χ4n) is 1.49. The molecule has 0 aliphatic rings. The average Bonchev–Trinajstić information content (AvgIpc) is 2.30. The zero-order valence-corrected chi connectivity index (χ0v) is 10.4. The van der Waals surface area contributed by atoms with Crippen LogP contribution in [-0.2, 0) is 4.74 Å². The number of benzene rings is 1. The van der Waals surface area contributed by atoms with Crippen LogP contribution in [0.15, 0.2) is 18.2 Å². The summed E-state index contributed by atoms with van der Waals surface area (Å²) in [5.74, 6) is -0.141. The highest BCUT2D eigenvalue weighted by Gasteiger charge is 2.12. The summed E-state index contributed by atoms with van der Waals surface area (Å²) in [6.45, 7) is 5.32. The average molecular weight is 241 g/mol. The Morgan fingerprint density at radius 2 is 2.06 bits per heavy atom. The predicted molar refractivity (Wildman–Crippen MR) is 65.6 cm³/mol. The Morgan fingerprint density at radius 1 is 1.29 bits per heavy atom. The van der Waals surface area contributed by atoms with E-state index in [1.807, 2.05) is 6.92 Å². The van der Waals surface area contributed by atoms with Crippen LogP contribution in [0.4, 0.5) is 4.39 Å². The van der Waals surface area contributed by atoms with Gasteiger partial charge >= 0.3 is 0 Å². The zero-order valence-electron chi connectivity index (χ0n) is 10.4. The minimum atomic E-state index is -0.379. The smallest absolute Gasteiger partial charge is 0.165 e. The molecule has 96 valence electrons. The number of ether oxygens (including phenoxy) is 2. The minimum Gasteiger partial charge on any atom is -0.488 e. The van der Waals surface area contributed by atoms with Crippen molar-refractivity contribution in [2.24, 2.45) is 5.73 Å². The van der Waals surface area contributed by atoms with Crippen LogP contribution < -0.4 is 10.5 Å². The minimum absolute atomic E-state index is 0.239. The van der Waals surface area contributed by atoms with Gasteiger partial charge in [-0.3, -0.25) is 0 Å². The Balaban J connectivity index is 2.57. The normalized spacial score (nSPS) is 12.5. The fourth-order valence-corrected chi connectivity index (χ4v) is 1.49. The Morgan fingerprint density at radius 3 is 2.71 bits per heavy atom. The quantitative estimate of drug-likeness (QED) is 0.746. The molecular formula is C13H20FNO2. The largest absolute Gasteiger partial charge is 0.488 e. The first-order valence-electron chi connectivity index (χ1n) is 5.91. The fraction of sp³-hybridized carbons (Fsp3) is 0.538. The number of rotatable bonds is 7. The van der Waals surface area contributed by atoms with Crippen LogP contribution in [0.25, 0.3) is 0 Å². The number of hydrogen-bond acceptors (Lipinski definition) is 3. The summed E-state index contributed by atoms with van der Waals surface area (Å²) in [5.41, 5.74) is 6.44. The molecule has 0 saturated carbocycles. The summed E-state index contributed by atoms with van der Waals surface area (Å²) < 4.78 is 24.2. The molecule has 0 fully saturated rings. The van der Waals surface area contributed by atoms with Crippen molar-refractivity contribution in [3.63, 3.8) is 0 Å². The van der Waals surface area contributed by atoms with Gasteiger partial charge in [-0.2, -0.15) is 0 Å². The summed E-state index contributed by atoms with van der Waals surface area (Å²) in [4.78, 5) is 0. The van der Waals surface area contributed by atoms with Crippen molar-refractivity contribution in [3.8, 4) is 5.75 Å². The second-order valence-electron chi connectivity index (χ2n) is 3.91. The Bertz CT molecular complexity index is 342. The van der Waals surface area contributed by atoms with Crippen LogP contribution in [0, 0.1) is 5.82 Å². The number of hydrogen-bond donors (Lipinski definition) is 1. The molecule has 0 saturated heterocycles. The van der Waals surface area contributed by atoms with Gasteiger partial charge in [0.05, 0.1) is 6.61 Å². The lowest BCUT2D eigenvalue weighted by atomic mass is 10.1. The van der Waals surface area contributed by atoms with E-state index in [1.54, 1.807) is 19.1 Å². The first-order chi connectivity index (χ1) is 8.16. The number of nitrogens with two attached hydrogens (primary N) is 1. The second kappa shape index (κ2) is 7.25. The maximum atomic E-state index is 13.6. The van der Waals surface area contributed by atoms with E-state index in [2.05, 4.69) is 0 Å². The van der Waals surface area contributed by atoms with Gasteiger partial charge in [-0.1, -0.05) is 19.1 Å². The van der Waals surface area contributed by atoms with Crippen molar-refractivity contribution in [1.29, 1.82) is 0 Å². The molecule has 0 aliphatic carbocycles. The van der Waals surface area contributed by atoms with E-state index in [-0.39, 0.29) is 17.6 Å². The third-order valence-electron chi connectivity index (χ3n) is 2.31. The summed E-state index contributed by atoms with van der Waals surface area (Å²) in [5, 5.41) is 0. The highest BCUT2D eigenvalue weighted by Crippen LogP contribution is 2.26. The van der Waals surface area contributed by atoms with Crippen molar-refractivity contribution in [2.45, 2.75) is 26.3 Å². The maximum absolute atomic E-state index is 13.6. The van der Waals surface area contributed by atoms with Gasteiger partial charge in [0.25, 0.3) is 0 Å². The molecule has 0 spiro atoms. The lowest BCUT2D eigenvalue weighted by Gasteiger charge is -2.14. The molecule has 1 rings (SSSR count). The Hall–Kier alpha value is -1.13. The lowest BCUT2D eigenvalue weighted by Crippen LogP contribution is -2.12. The molecule has 0 heterocycles. The highest BCUT2D eigenvalue weighted by atomic mass is 19.1. The molecule has 1 aromatic rings. The van der Waals surface area contributed by atoms with Gasteiger partial charge in [0.15, 0.2) is 11.6 Å². The molecule has 0 bridgehead atoms. The van der Waals surface area contributed by atoms with Gasteiger partial charge in [-0.15, -0.1) is 0 Å². The molecule has 1 atom stereocenters. The van der Waals surface area contributed by atoms with Crippen molar-refractivity contribution in [1.82, 2.24) is 0 Å². The molecule has 0 aliphatic heterocycles. The van der Waals surface area contributed by atoms with E-state index in [0.29, 0.717) is 25.4 Å². The molecule has 0 radical (unpaired) electrons. The summed E-state index contributed by atoms with van der Waals surface area (Å²) in [7, 11) is 0. The van der Waals surface area contributed by atoms with Gasteiger partial charge in [-0.05, 0) is 19.4 Å². The van der Waals surface area contributed by atoms with Gasteiger partial charge in [0.2, 0.25) is 0 Å². The molecule has 2 N–H and O–H groups in total. The molecule has 1 aromatic carbocycles. The second-order valence-corrected chi connectivity index (χ2v) is 3.91. The summed E-state index contributed by atoms with van der Waals surface area (Å²) >= 11 is 0. The van der Waals surface area contributed by atoms with E-state index in [0.717, 1.165) is 6.42 Å². The van der Waals surface area contributed by atoms with Gasteiger partial charge in [0, 0.05) is 18.2 Å². The van der Waals surface area contributed by atoms with Gasteiger partial charge in [-0.25, -0.2) is 4.39 Å². The van der Waals surface area contributed by atoms with Crippen LogP contribution in [0.1, 0.15) is 31.9 Å². The van der Waals surface area contributed by atoms with Crippen LogP contribution >= 0.6 is 0 Å². The molecular weight excluding hydrogens is 221 g/mol. The maximum Gasteiger partial charge on any atom is 0.165 e. The number of halogens is 1. The topological polar surface area (TPSA) is 44.5 Å². The van der Waals surface area contributed by atoms with E-state index in [4.69, 9.17) is 15.2 Å². The van der Waals surface area contributed by atoms with Crippen molar-refractivity contribution in [3.05, 3.63) is 29.6 Å². The van der Waals surface area contributed by atoms with Crippen molar-refractivity contribution < 1.29 is 13.9 Å². The van der Waals surface area contributed by atoms with Crippen molar-refractivity contribution in [2.75, 3.05) is 19.8 Å². The molecule has 0 unspecified atom stereocenters. The number of para-hydroxylation sites is 1. The van der Waals surface area contributed by atoms with Crippen LogP contribution in [-0.4, -0.2) is 19.8 Å². The molecule has 0 amide bonds. The Labute approximate surface area is 102 Å². The lowest BCUT2D eigenvalue weighted by molar-refractivity contribution is 0.0987. The molecule has 4 heteroatoms. The summed E-state index contributed by atoms with van der Waals surface area (Å²) in [6.07, 6.45) is 0.963. The van der Waals surface area contributed by atoms with Gasteiger partial charge < -0.3 is 15.2 Å². The zero-order chi connectivity index (χ0) is 12.7. The standard InChI is InChI=1S/C13H20FNO2/c1-3-7-16-8-9-17-13-11(10(2)15)5-4-6-12(13)14/h4-6,10H,3,7-9,15H2,1-2H3/t10-/m1/s1. The van der Waals surface area contributed by atoms with Crippen LogP contribution in [0.3, 0.4) is 0 Å². The highest BCUT2D eigenvalue weighted by molar-refractivity contribution is 5.36. The predicted octanol–water partition coefficient (Wildman–Crippen LogP) is 2.65.